The Hall–Kier alpha value is -2.43. The number of benzene rings is 1. The van der Waals surface area contributed by atoms with E-state index in [2.05, 4.69) is 20.5 Å². The average Bonchev–Trinajstić information content (AvgIpc) is 2.33. The molecule has 0 atom stereocenters. The highest BCUT2D eigenvalue weighted by Gasteiger charge is 1.98. The molecular weight excluding hydrogens is 214 g/mol. The fraction of sp³-hybridized carbons (Fsp3) is 0.0833. The molecule has 0 bridgehead atoms. The summed E-state index contributed by atoms with van der Waals surface area (Å²) < 4.78 is 0. The van der Waals surface area contributed by atoms with E-state index < -0.39 is 0 Å². The SMILES string of the molecule is Cc1ncc(C=NNc2ccccc2)c(N)n1. The van der Waals surface area contributed by atoms with Crippen LogP contribution >= 0.6 is 0 Å². The molecule has 0 fully saturated rings. The minimum Gasteiger partial charge on any atom is -0.383 e. The van der Waals surface area contributed by atoms with Gasteiger partial charge in [-0.3, -0.25) is 5.43 Å². The van der Waals surface area contributed by atoms with Gasteiger partial charge in [-0.15, -0.1) is 0 Å². The van der Waals surface area contributed by atoms with Gasteiger partial charge in [-0.05, 0) is 19.1 Å². The van der Waals surface area contributed by atoms with E-state index in [-0.39, 0.29) is 0 Å². The van der Waals surface area contributed by atoms with Crippen molar-refractivity contribution in [1.29, 1.82) is 0 Å². The van der Waals surface area contributed by atoms with Crippen LogP contribution in [0.5, 0.6) is 0 Å². The molecular formula is C12H13N5. The van der Waals surface area contributed by atoms with Crippen LogP contribution in [-0.2, 0) is 0 Å². The van der Waals surface area contributed by atoms with Gasteiger partial charge in [-0.1, -0.05) is 18.2 Å². The van der Waals surface area contributed by atoms with Gasteiger partial charge in [0, 0.05) is 6.20 Å². The van der Waals surface area contributed by atoms with Gasteiger partial charge in [0.15, 0.2) is 0 Å². The van der Waals surface area contributed by atoms with Crippen molar-refractivity contribution in [2.24, 2.45) is 5.10 Å². The molecule has 1 aromatic heterocycles. The Morgan fingerprint density at radius 2 is 2.06 bits per heavy atom. The monoisotopic (exact) mass is 227 g/mol. The average molecular weight is 227 g/mol. The molecule has 0 spiro atoms. The molecule has 0 saturated heterocycles. The van der Waals surface area contributed by atoms with Crippen molar-refractivity contribution in [3.05, 3.63) is 47.9 Å². The Bertz CT molecular complexity index is 522. The summed E-state index contributed by atoms with van der Waals surface area (Å²) in [4.78, 5) is 8.10. The van der Waals surface area contributed by atoms with Gasteiger partial charge in [0.1, 0.15) is 11.6 Å². The number of nitrogens with two attached hydrogens (primary N) is 1. The summed E-state index contributed by atoms with van der Waals surface area (Å²) in [6.07, 6.45) is 3.25. The first kappa shape index (κ1) is 11.1. The molecule has 3 N–H and O–H groups in total. The summed E-state index contributed by atoms with van der Waals surface area (Å²) >= 11 is 0. The molecule has 86 valence electrons. The van der Waals surface area contributed by atoms with Gasteiger partial charge in [0.25, 0.3) is 0 Å². The Kier molecular flexibility index (Phi) is 3.30. The molecule has 0 aliphatic carbocycles. The molecule has 0 saturated carbocycles. The number of nitrogen functional groups attached to an aromatic ring is 1. The summed E-state index contributed by atoms with van der Waals surface area (Å²) in [6, 6.07) is 9.65. The van der Waals surface area contributed by atoms with Crippen molar-refractivity contribution in [3.8, 4) is 0 Å². The summed E-state index contributed by atoms with van der Waals surface area (Å²) in [7, 11) is 0. The highest BCUT2D eigenvalue weighted by Crippen LogP contribution is 2.06. The lowest BCUT2D eigenvalue weighted by molar-refractivity contribution is 1.06. The van der Waals surface area contributed by atoms with Crippen molar-refractivity contribution in [2.45, 2.75) is 6.92 Å². The lowest BCUT2D eigenvalue weighted by atomic mass is 10.3. The van der Waals surface area contributed by atoms with E-state index in [1.165, 1.54) is 0 Å². The van der Waals surface area contributed by atoms with E-state index in [9.17, 15) is 0 Å². The molecule has 2 aromatic rings. The predicted molar refractivity (Wildman–Crippen MR) is 68.8 cm³/mol. The van der Waals surface area contributed by atoms with Gasteiger partial charge in [0.05, 0.1) is 17.5 Å². The minimum atomic E-state index is 0.427. The number of hydrazone groups is 1. The van der Waals surface area contributed by atoms with Crippen molar-refractivity contribution in [3.63, 3.8) is 0 Å². The number of hydrogen-bond donors (Lipinski definition) is 2. The highest BCUT2D eigenvalue weighted by molar-refractivity contribution is 5.85. The van der Waals surface area contributed by atoms with Crippen molar-refractivity contribution in [2.75, 3.05) is 11.2 Å². The normalized spacial score (nSPS) is 10.6. The molecule has 0 amide bonds. The maximum atomic E-state index is 5.73. The Labute approximate surface area is 99.4 Å². The van der Waals surface area contributed by atoms with E-state index in [0.717, 1.165) is 5.69 Å². The minimum absolute atomic E-state index is 0.427. The number of rotatable bonds is 3. The van der Waals surface area contributed by atoms with Crippen LogP contribution in [0.4, 0.5) is 11.5 Å². The second kappa shape index (κ2) is 5.07. The van der Waals surface area contributed by atoms with Gasteiger partial charge in [0.2, 0.25) is 0 Å². The molecule has 17 heavy (non-hydrogen) atoms. The van der Waals surface area contributed by atoms with Gasteiger partial charge in [-0.2, -0.15) is 5.10 Å². The summed E-state index contributed by atoms with van der Waals surface area (Å²) in [6.45, 7) is 1.79. The van der Waals surface area contributed by atoms with Gasteiger partial charge >= 0.3 is 0 Å². The fourth-order valence-corrected chi connectivity index (χ4v) is 1.29. The smallest absolute Gasteiger partial charge is 0.136 e. The van der Waals surface area contributed by atoms with Crippen LogP contribution < -0.4 is 11.2 Å². The van der Waals surface area contributed by atoms with Crippen LogP contribution in [0.15, 0.2) is 41.6 Å². The van der Waals surface area contributed by atoms with Crippen molar-refractivity contribution >= 4 is 17.7 Å². The number of aromatic nitrogens is 2. The Balaban J connectivity index is 2.06. The quantitative estimate of drug-likeness (QED) is 0.619. The standard InChI is InChI=1S/C12H13N5/c1-9-14-7-10(12(13)16-9)8-15-17-11-5-3-2-4-6-11/h2-8,17H,1H3,(H2,13,14,16). The Morgan fingerprint density at radius 3 is 2.76 bits per heavy atom. The molecule has 0 unspecified atom stereocenters. The zero-order valence-electron chi connectivity index (χ0n) is 9.46. The maximum absolute atomic E-state index is 5.73. The number of anilines is 2. The summed E-state index contributed by atoms with van der Waals surface area (Å²) in [5.41, 5.74) is 10.2. The fourth-order valence-electron chi connectivity index (χ4n) is 1.29. The number of aryl methyl sites for hydroxylation is 1. The summed E-state index contributed by atoms with van der Waals surface area (Å²) in [5, 5.41) is 4.07. The number of nitrogens with one attached hydrogen (secondary N) is 1. The molecule has 2 rings (SSSR count). The second-order valence-corrected chi connectivity index (χ2v) is 3.49. The number of para-hydroxylation sites is 1. The topological polar surface area (TPSA) is 76.2 Å². The lowest BCUT2D eigenvalue weighted by Crippen LogP contribution is -2.01. The summed E-state index contributed by atoms with van der Waals surface area (Å²) in [5.74, 6) is 1.08. The lowest BCUT2D eigenvalue weighted by Gasteiger charge is -2.00. The molecule has 5 nitrogen and oxygen atoms in total. The van der Waals surface area contributed by atoms with Gasteiger partial charge in [-0.25, -0.2) is 9.97 Å². The molecule has 5 heteroatoms. The molecule has 1 aromatic carbocycles. The maximum Gasteiger partial charge on any atom is 0.136 e. The van der Waals surface area contributed by atoms with Crippen molar-refractivity contribution in [1.82, 2.24) is 9.97 Å². The number of hydrogen-bond acceptors (Lipinski definition) is 5. The first-order valence-electron chi connectivity index (χ1n) is 5.19. The molecule has 0 radical (unpaired) electrons. The van der Waals surface area contributed by atoms with Crippen LogP contribution in [0, 0.1) is 6.92 Å². The highest BCUT2D eigenvalue weighted by atomic mass is 15.3. The third-order valence-electron chi connectivity index (χ3n) is 2.14. The zero-order valence-corrected chi connectivity index (χ0v) is 9.46. The van der Waals surface area contributed by atoms with Crippen LogP contribution in [0.2, 0.25) is 0 Å². The first-order chi connectivity index (χ1) is 8.25. The molecule has 0 aliphatic heterocycles. The largest absolute Gasteiger partial charge is 0.383 e. The van der Waals surface area contributed by atoms with E-state index in [4.69, 9.17) is 5.73 Å². The second-order valence-electron chi connectivity index (χ2n) is 3.49. The van der Waals surface area contributed by atoms with Crippen molar-refractivity contribution < 1.29 is 0 Å². The molecule has 0 aliphatic rings. The van der Waals surface area contributed by atoms with Crippen LogP contribution in [0.3, 0.4) is 0 Å². The van der Waals surface area contributed by atoms with Crippen LogP contribution in [0.25, 0.3) is 0 Å². The third kappa shape index (κ3) is 3.01. The van der Waals surface area contributed by atoms with Gasteiger partial charge < -0.3 is 5.73 Å². The number of nitrogens with zero attached hydrogens (tertiary/aromatic N) is 3. The predicted octanol–water partition coefficient (Wildman–Crippen LogP) is 1.81. The third-order valence-corrected chi connectivity index (χ3v) is 2.14. The first-order valence-corrected chi connectivity index (χ1v) is 5.19. The van der Waals surface area contributed by atoms with Crippen LogP contribution in [-0.4, -0.2) is 16.2 Å². The molecule has 1 heterocycles. The van der Waals surface area contributed by atoms with E-state index >= 15 is 0 Å². The van der Waals surface area contributed by atoms with E-state index in [1.54, 1.807) is 19.3 Å². The van der Waals surface area contributed by atoms with E-state index in [1.807, 2.05) is 30.3 Å². The van der Waals surface area contributed by atoms with E-state index in [0.29, 0.717) is 17.2 Å². The van der Waals surface area contributed by atoms with Crippen LogP contribution in [0.1, 0.15) is 11.4 Å². The Morgan fingerprint density at radius 1 is 1.29 bits per heavy atom. The zero-order chi connectivity index (χ0) is 12.1.